The molecular formula is C17H12O5S. The van der Waals surface area contributed by atoms with Gasteiger partial charge in [-0.25, -0.2) is 4.79 Å². The van der Waals surface area contributed by atoms with Crippen LogP contribution in [0.1, 0.15) is 10.4 Å². The first-order valence-electron chi connectivity index (χ1n) is 6.73. The van der Waals surface area contributed by atoms with Gasteiger partial charge in [-0.2, -0.15) is 8.42 Å². The van der Waals surface area contributed by atoms with E-state index in [-0.39, 0.29) is 10.6 Å². The van der Waals surface area contributed by atoms with E-state index in [0.717, 1.165) is 10.8 Å². The van der Waals surface area contributed by atoms with Crippen molar-refractivity contribution >= 4 is 26.9 Å². The molecule has 116 valence electrons. The lowest BCUT2D eigenvalue weighted by Crippen LogP contribution is -2.09. The predicted octanol–water partition coefficient (Wildman–Crippen LogP) is 3.31. The summed E-state index contributed by atoms with van der Waals surface area (Å²) in [7, 11) is -4.27. The van der Waals surface area contributed by atoms with Gasteiger partial charge in [0.2, 0.25) is 0 Å². The Kier molecular flexibility index (Phi) is 3.85. The van der Waals surface area contributed by atoms with Crippen LogP contribution in [0.3, 0.4) is 0 Å². The highest BCUT2D eigenvalue weighted by Crippen LogP contribution is 2.21. The molecule has 6 heteroatoms. The molecule has 0 radical (unpaired) electrons. The van der Waals surface area contributed by atoms with Crippen molar-refractivity contribution in [2.45, 2.75) is 4.90 Å². The van der Waals surface area contributed by atoms with Gasteiger partial charge in [0.05, 0.1) is 10.5 Å². The number of esters is 1. The number of hydrogen-bond donors (Lipinski definition) is 1. The van der Waals surface area contributed by atoms with Crippen LogP contribution < -0.4 is 4.74 Å². The van der Waals surface area contributed by atoms with Crippen LogP contribution >= 0.6 is 0 Å². The molecule has 0 fully saturated rings. The quantitative estimate of drug-likeness (QED) is 0.453. The van der Waals surface area contributed by atoms with Crippen molar-refractivity contribution in [2.75, 3.05) is 0 Å². The predicted molar refractivity (Wildman–Crippen MR) is 85.2 cm³/mol. The van der Waals surface area contributed by atoms with Crippen LogP contribution in [0.5, 0.6) is 5.75 Å². The Bertz CT molecular complexity index is 970. The Morgan fingerprint density at radius 1 is 0.870 bits per heavy atom. The summed E-state index contributed by atoms with van der Waals surface area (Å²) in [6.07, 6.45) is 0. The van der Waals surface area contributed by atoms with E-state index in [1.807, 2.05) is 30.3 Å². The summed E-state index contributed by atoms with van der Waals surface area (Å²) >= 11 is 0. The third kappa shape index (κ3) is 3.23. The Morgan fingerprint density at radius 2 is 1.52 bits per heavy atom. The minimum atomic E-state index is -4.27. The van der Waals surface area contributed by atoms with Gasteiger partial charge >= 0.3 is 5.97 Å². The van der Waals surface area contributed by atoms with Crippen molar-refractivity contribution < 1.29 is 22.5 Å². The van der Waals surface area contributed by atoms with Crippen molar-refractivity contribution in [3.05, 3.63) is 72.3 Å². The average molecular weight is 328 g/mol. The van der Waals surface area contributed by atoms with Crippen molar-refractivity contribution in [1.82, 2.24) is 0 Å². The van der Waals surface area contributed by atoms with Crippen molar-refractivity contribution in [2.24, 2.45) is 0 Å². The number of carbonyl (C=O) groups excluding carboxylic acids is 1. The normalized spacial score (nSPS) is 11.3. The smallest absolute Gasteiger partial charge is 0.344 e. The van der Waals surface area contributed by atoms with Gasteiger partial charge in [-0.3, -0.25) is 4.55 Å². The molecule has 3 rings (SSSR count). The first kappa shape index (κ1) is 15.2. The lowest BCUT2D eigenvalue weighted by Gasteiger charge is -2.07. The molecule has 1 N–H and O–H groups in total. The number of benzene rings is 3. The van der Waals surface area contributed by atoms with Gasteiger partial charge < -0.3 is 4.74 Å². The second-order valence-electron chi connectivity index (χ2n) is 4.86. The molecule has 0 saturated carbocycles. The summed E-state index contributed by atoms with van der Waals surface area (Å²) in [4.78, 5) is 12.1. The van der Waals surface area contributed by atoms with E-state index >= 15 is 0 Å². The Hall–Kier alpha value is -2.70. The molecule has 23 heavy (non-hydrogen) atoms. The van der Waals surface area contributed by atoms with Gasteiger partial charge in [0, 0.05) is 0 Å². The van der Waals surface area contributed by atoms with E-state index in [1.165, 1.54) is 24.3 Å². The van der Waals surface area contributed by atoms with Crippen LogP contribution in [0.25, 0.3) is 10.8 Å². The minimum absolute atomic E-state index is 0.190. The van der Waals surface area contributed by atoms with E-state index in [9.17, 15) is 13.2 Å². The Morgan fingerprint density at radius 3 is 2.22 bits per heavy atom. The van der Waals surface area contributed by atoms with Crippen LogP contribution in [0.4, 0.5) is 0 Å². The van der Waals surface area contributed by atoms with Crippen LogP contribution in [0.15, 0.2) is 71.6 Å². The summed E-state index contributed by atoms with van der Waals surface area (Å²) < 4.78 is 36.1. The van der Waals surface area contributed by atoms with Crippen LogP contribution in [0, 0.1) is 0 Å². The first-order valence-corrected chi connectivity index (χ1v) is 8.17. The number of carbonyl (C=O) groups is 1. The standard InChI is InChI=1S/C17H12O5S/c18-17(16-7-3-5-12-4-1-2-6-15(12)16)22-13-8-10-14(11-9-13)23(19,20)21/h1-11H,(H,19,20,21). The molecule has 0 amide bonds. The summed E-state index contributed by atoms with van der Waals surface area (Å²) in [6.45, 7) is 0. The summed E-state index contributed by atoms with van der Waals surface area (Å²) in [6, 6.07) is 17.7. The zero-order chi connectivity index (χ0) is 16.4. The Balaban J connectivity index is 1.89. The molecule has 0 aliphatic carbocycles. The van der Waals surface area contributed by atoms with Gasteiger partial charge in [-0.1, -0.05) is 36.4 Å². The summed E-state index contributed by atoms with van der Waals surface area (Å²) in [5.41, 5.74) is 0.418. The van der Waals surface area contributed by atoms with Crippen LogP contribution in [-0.4, -0.2) is 18.9 Å². The van der Waals surface area contributed by atoms with Gasteiger partial charge in [0.25, 0.3) is 10.1 Å². The maximum absolute atomic E-state index is 12.3. The van der Waals surface area contributed by atoms with Crippen LogP contribution in [-0.2, 0) is 10.1 Å². The van der Waals surface area contributed by atoms with E-state index < -0.39 is 16.1 Å². The van der Waals surface area contributed by atoms with Crippen molar-refractivity contribution in [3.8, 4) is 5.75 Å². The molecule has 5 nitrogen and oxygen atoms in total. The van der Waals surface area contributed by atoms with Gasteiger partial charge in [-0.15, -0.1) is 0 Å². The fourth-order valence-electron chi connectivity index (χ4n) is 2.25. The lowest BCUT2D eigenvalue weighted by atomic mass is 10.0. The molecule has 0 atom stereocenters. The van der Waals surface area contributed by atoms with Gasteiger partial charge in [-0.05, 0) is 41.1 Å². The molecule has 0 bridgehead atoms. The molecule has 0 spiro atoms. The number of rotatable bonds is 3. The first-order chi connectivity index (χ1) is 10.9. The largest absolute Gasteiger partial charge is 0.423 e. The summed E-state index contributed by atoms with van der Waals surface area (Å²) in [5.74, 6) is -0.350. The Labute approximate surface area is 132 Å². The molecule has 0 aromatic heterocycles. The van der Waals surface area contributed by atoms with Crippen molar-refractivity contribution in [3.63, 3.8) is 0 Å². The molecular weight excluding hydrogens is 316 g/mol. The SMILES string of the molecule is O=C(Oc1ccc(S(=O)(=O)O)cc1)c1cccc2ccccc12. The molecule has 0 saturated heterocycles. The summed E-state index contributed by atoms with van der Waals surface area (Å²) in [5, 5.41) is 1.69. The average Bonchev–Trinajstić information content (AvgIpc) is 2.54. The fourth-order valence-corrected chi connectivity index (χ4v) is 2.73. The highest BCUT2D eigenvalue weighted by atomic mass is 32.2. The number of hydrogen-bond acceptors (Lipinski definition) is 4. The highest BCUT2D eigenvalue weighted by molar-refractivity contribution is 7.85. The fraction of sp³-hybridized carbons (Fsp3) is 0. The molecule has 0 heterocycles. The minimum Gasteiger partial charge on any atom is -0.423 e. The zero-order valence-electron chi connectivity index (χ0n) is 11.8. The van der Waals surface area contributed by atoms with E-state index in [4.69, 9.17) is 9.29 Å². The molecule has 0 unspecified atom stereocenters. The second kappa shape index (κ2) is 5.83. The van der Waals surface area contributed by atoms with Crippen molar-refractivity contribution in [1.29, 1.82) is 0 Å². The second-order valence-corrected chi connectivity index (χ2v) is 6.28. The van der Waals surface area contributed by atoms with Gasteiger partial charge in [0.1, 0.15) is 5.75 Å². The van der Waals surface area contributed by atoms with E-state index in [1.54, 1.807) is 12.1 Å². The number of ether oxygens (including phenoxy) is 1. The zero-order valence-corrected chi connectivity index (χ0v) is 12.7. The number of fused-ring (bicyclic) bond motifs is 1. The maximum atomic E-state index is 12.3. The third-order valence-electron chi connectivity index (χ3n) is 3.34. The topological polar surface area (TPSA) is 80.7 Å². The maximum Gasteiger partial charge on any atom is 0.344 e. The molecule has 3 aromatic carbocycles. The van der Waals surface area contributed by atoms with Gasteiger partial charge in [0.15, 0.2) is 0 Å². The molecule has 0 aliphatic rings. The van der Waals surface area contributed by atoms with Crippen LogP contribution in [0.2, 0.25) is 0 Å². The third-order valence-corrected chi connectivity index (χ3v) is 4.21. The van der Waals surface area contributed by atoms with E-state index in [2.05, 4.69) is 0 Å². The lowest BCUT2D eigenvalue weighted by molar-refractivity contribution is 0.0737. The molecule has 3 aromatic rings. The monoisotopic (exact) mass is 328 g/mol. The van der Waals surface area contributed by atoms with E-state index in [0.29, 0.717) is 5.56 Å². The highest BCUT2D eigenvalue weighted by Gasteiger charge is 2.13. The molecule has 0 aliphatic heterocycles.